The maximum atomic E-state index is 11.8. The first-order valence-electron chi connectivity index (χ1n) is 5.42. The summed E-state index contributed by atoms with van der Waals surface area (Å²) in [4.78, 5) is 22.6. The monoisotopic (exact) mass is 232 g/mol. The second-order valence-electron chi connectivity index (χ2n) is 3.84. The summed E-state index contributed by atoms with van der Waals surface area (Å²) in [6.07, 6.45) is 1.59. The zero-order valence-electron chi connectivity index (χ0n) is 9.40. The Labute approximate surface area is 97.5 Å². The zero-order valence-corrected chi connectivity index (χ0v) is 9.40. The van der Waals surface area contributed by atoms with E-state index in [1.54, 1.807) is 0 Å². The third-order valence-electron chi connectivity index (χ3n) is 2.52. The molecule has 0 saturated heterocycles. The number of carboxylic acid groups (broad SMARTS) is 1. The lowest BCUT2D eigenvalue weighted by Crippen LogP contribution is -2.04. The molecule has 0 spiro atoms. The lowest BCUT2D eigenvalue weighted by Gasteiger charge is -2.02. The predicted octanol–water partition coefficient (Wildman–Crippen LogP) is 2.44. The van der Waals surface area contributed by atoms with Crippen LogP contribution in [-0.2, 0) is 6.42 Å². The molecule has 0 aliphatic heterocycles. The second-order valence-corrected chi connectivity index (χ2v) is 3.84. The van der Waals surface area contributed by atoms with Crippen LogP contribution in [0.3, 0.4) is 0 Å². The van der Waals surface area contributed by atoms with Crippen molar-refractivity contribution in [2.45, 2.75) is 19.8 Å². The highest BCUT2D eigenvalue weighted by molar-refractivity contribution is 5.92. The van der Waals surface area contributed by atoms with Gasteiger partial charge in [0.25, 0.3) is 0 Å². The molecule has 1 aromatic carbocycles. The summed E-state index contributed by atoms with van der Waals surface area (Å²) in [6.45, 7) is 2.00. The molecular weight excluding hydrogens is 220 g/mol. The van der Waals surface area contributed by atoms with E-state index >= 15 is 0 Å². The van der Waals surface area contributed by atoms with Crippen LogP contribution >= 0.6 is 0 Å². The van der Waals surface area contributed by atoms with Gasteiger partial charge in [-0.1, -0.05) is 6.92 Å². The van der Waals surface area contributed by atoms with Gasteiger partial charge >= 0.3 is 5.97 Å². The van der Waals surface area contributed by atoms with E-state index in [0.717, 1.165) is 6.42 Å². The van der Waals surface area contributed by atoms with Gasteiger partial charge in [0.2, 0.25) is 0 Å². The number of hydrogen-bond donors (Lipinski definition) is 1. The van der Waals surface area contributed by atoms with Crippen LogP contribution in [0.25, 0.3) is 11.0 Å². The van der Waals surface area contributed by atoms with Crippen molar-refractivity contribution in [3.63, 3.8) is 0 Å². The molecular formula is C13H12O4. The van der Waals surface area contributed by atoms with Gasteiger partial charge in [0.05, 0.1) is 10.9 Å². The minimum Gasteiger partial charge on any atom is -0.478 e. The van der Waals surface area contributed by atoms with E-state index in [9.17, 15) is 9.59 Å². The highest BCUT2D eigenvalue weighted by atomic mass is 16.4. The Hall–Kier alpha value is -2.10. The molecule has 0 radical (unpaired) electrons. The average molecular weight is 232 g/mol. The van der Waals surface area contributed by atoms with Gasteiger partial charge in [-0.25, -0.2) is 4.79 Å². The van der Waals surface area contributed by atoms with Gasteiger partial charge < -0.3 is 9.52 Å². The molecule has 2 aromatic rings. The van der Waals surface area contributed by atoms with Crippen molar-refractivity contribution >= 4 is 16.9 Å². The largest absolute Gasteiger partial charge is 0.478 e. The molecule has 88 valence electrons. The minimum absolute atomic E-state index is 0.0908. The van der Waals surface area contributed by atoms with Gasteiger partial charge in [-0.15, -0.1) is 0 Å². The zero-order chi connectivity index (χ0) is 12.4. The summed E-state index contributed by atoms with van der Waals surface area (Å²) in [5.74, 6) is -0.419. The van der Waals surface area contributed by atoms with E-state index in [1.807, 2.05) is 6.92 Å². The summed E-state index contributed by atoms with van der Waals surface area (Å²) in [5.41, 5.74) is 0.330. The first-order chi connectivity index (χ1) is 8.11. The van der Waals surface area contributed by atoms with Crippen molar-refractivity contribution in [3.8, 4) is 0 Å². The molecule has 0 bridgehead atoms. The number of rotatable bonds is 3. The normalized spacial score (nSPS) is 10.6. The smallest absolute Gasteiger partial charge is 0.335 e. The molecule has 1 N–H and O–H groups in total. The molecule has 1 aromatic heterocycles. The highest BCUT2D eigenvalue weighted by Gasteiger charge is 2.08. The molecule has 0 saturated carbocycles. The van der Waals surface area contributed by atoms with Crippen LogP contribution in [0.1, 0.15) is 29.5 Å². The van der Waals surface area contributed by atoms with Crippen molar-refractivity contribution in [2.75, 3.05) is 0 Å². The fourth-order valence-electron chi connectivity index (χ4n) is 1.71. The number of benzene rings is 1. The summed E-state index contributed by atoms with van der Waals surface area (Å²) < 4.78 is 5.52. The number of hydrogen-bond acceptors (Lipinski definition) is 3. The maximum Gasteiger partial charge on any atom is 0.335 e. The van der Waals surface area contributed by atoms with Gasteiger partial charge in [0, 0.05) is 12.5 Å². The molecule has 4 heteroatoms. The van der Waals surface area contributed by atoms with Gasteiger partial charge in [0.1, 0.15) is 11.3 Å². The van der Waals surface area contributed by atoms with E-state index in [-0.39, 0.29) is 11.0 Å². The van der Waals surface area contributed by atoms with Gasteiger partial charge in [-0.2, -0.15) is 0 Å². The van der Waals surface area contributed by atoms with E-state index in [1.165, 1.54) is 24.3 Å². The average Bonchev–Trinajstić information content (AvgIpc) is 2.29. The van der Waals surface area contributed by atoms with Crippen LogP contribution in [0, 0.1) is 0 Å². The van der Waals surface area contributed by atoms with E-state index in [4.69, 9.17) is 9.52 Å². The molecule has 1 heterocycles. The molecule has 0 unspecified atom stereocenters. The van der Waals surface area contributed by atoms with Crippen molar-refractivity contribution in [1.29, 1.82) is 0 Å². The van der Waals surface area contributed by atoms with Crippen molar-refractivity contribution in [1.82, 2.24) is 0 Å². The van der Waals surface area contributed by atoms with Crippen LogP contribution in [-0.4, -0.2) is 11.1 Å². The molecule has 4 nitrogen and oxygen atoms in total. The summed E-state index contributed by atoms with van der Waals surface area (Å²) in [5, 5.41) is 9.15. The summed E-state index contributed by atoms with van der Waals surface area (Å²) >= 11 is 0. The third kappa shape index (κ3) is 2.20. The number of carboxylic acids is 1. The molecule has 0 fully saturated rings. The minimum atomic E-state index is -1.05. The summed E-state index contributed by atoms with van der Waals surface area (Å²) in [7, 11) is 0. The standard InChI is InChI=1S/C13H12O4/c1-2-3-9-7-11(14)10-6-8(13(15)16)4-5-12(10)17-9/h4-7H,2-3H2,1H3,(H,15,16). The fraction of sp³-hybridized carbons (Fsp3) is 0.231. The number of aryl methyl sites for hydroxylation is 1. The van der Waals surface area contributed by atoms with Crippen LogP contribution in [0.5, 0.6) is 0 Å². The van der Waals surface area contributed by atoms with Crippen LogP contribution in [0.4, 0.5) is 0 Å². The van der Waals surface area contributed by atoms with Gasteiger partial charge in [-0.3, -0.25) is 4.79 Å². The Morgan fingerprint density at radius 1 is 1.35 bits per heavy atom. The first-order valence-corrected chi connectivity index (χ1v) is 5.42. The predicted molar refractivity (Wildman–Crippen MR) is 63.4 cm³/mol. The van der Waals surface area contributed by atoms with E-state index < -0.39 is 5.97 Å². The van der Waals surface area contributed by atoms with Crippen molar-refractivity contribution in [2.24, 2.45) is 0 Å². The number of fused-ring (bicyclic) bond motifs is 1. The van der Waals surface area contributed by atoms with Crippen molar-refractivity contribution < 1.29 is 14.3 Å². The Morgan fingerprint density at radius 2 is 2.12 bits per heavy atom. The van der Waals surface area contributed by atoms with Gasteiger partial charge in [-0.05, 0) is 24.6 Å². The number of aromatic carboxylic acids is 1. The molecule has 0 aliphatic rings. The fourth-order valence-corrected chi connectivity index (χ4v) is 1.71. The topological polar surface area (TPSA) is 67.5 Å². The Bertz CT molecular complexity index is 625. The SMILES string of the molecule is CCCc1cc(=O)c2cc(C(=O)O)ccc2o1. The Kier molecular flexibility index (Phi) is 2.95. The lowest BCUT2D eigenvalue weighted by molar-refractivity contribution is 0.0697. The van der Waals surface area contributed by atoms with Crippen LogP contribution < -0.4 is 5.43 Å². The molecule has 17 heavy (non-hydrogen) atoms. The lowest BCUT2D eigenvalue weighted by atomic mass is 10.1. The van der Waals surface area contributed by atoms with Crippen LogP contribution in [0.2, 0.25) is 0 Å². The molecule has 0 aliphatic carbocycles. The van der Waals surface area contributed by atoms with Crippen LogP contribution in [0.15, 0.2) is 33.5 Å². The number of carbonyl (C=O) groups is 1. The van der Waals surface area contributed by atoms with E-state index in [2.05, 4.69) is 0 Å². The maximum absolute atomic E-state index is 11.8. The molecule has 0 amide bonds. The molecule has 0 atom stereocenters. The first kappa shape index (κ1) is 11.4. The van der Waals surface area contributed by atoms with Gasteiger partial charge in [0.15, 0.2) is 5.43 Å². The quantitative estimate of drug-likeness (QED) is 0.882. The molecule has 2 rings (SSSR count). The summed E-state index contributed by atoms with van der Waals surface area (Å²) in [6, 6.07) is 5.74. The highest BCUT2D eigenvalue weighted by Crippen LogP contribution is 2.15. The van der Waals surface area contributed by atoms with Crippen molar-refractivity contribution in [3.05, 3.63) is 45.8 Å². The Balaban J connectivity index is 2.64. The van der Waals surface area contributed by atoms with E-state index in [0.29, 0.717) is 23.2 Å². The third-order valence-corrected chi connectivity index (χ3v) is 2.52. The second kappa shape index (κ2) is 4.41. The Morgan fingerprint density at radius 3 is 2.76 bits per heavy atom.